The van der Waals surface area contributed by atoms with Crippen molar-refractivity contribution in [3.8, 4) is 5.75 Å². The number of carboxylic acid groups (broad SMARTS) is 1. The summed E-state index contributed by atoms with van der Waals surface area (Å²) in [6, 6.07) is 5.10. The number of rotatable bonds is 7. The van der Waals surface area contributed by atoms with E-state index < -0.39 is 5.97 Å². The third-order valence-corrected chi connectivity index (χ3v) is 4.20. The van der Waals surface area contributed by atoms with Crippen molar-refractivity contribution in [2.75, 3.05) is 25.4 Å². The third-order valence-electron chi connectivity index (χ3n) is 4.20. The lowest BCUT2D eigenvalue weighted by Gasteiger charge is -2.30. The van der Waals surface area contributed by atoms with Gasteiger partial charge < -0.3 is 20.5 Å². The molecule has 1 aliphatic heterocycles. The molecule has 0 spiro atoms. The normalized spacial score (nSPS) is 18.5. The molecule has 1 unspecified atom stereocenters. The lowest BCUT2D eigenvalue weighted by molar-refractivity contribution is -0.143. The van der Waals surface area contributed by atoms with Crippen LogP contribution < -0.4 is 10.5 Å². The van der Waals surface area contributed by atoms with Crippen LogP contribution in [0.1, 0.15) is 43.5 Å². The molecule has 1 saturated heterocycles. The van der Waals surface area contributed by atoms with Crippen molar-refractivity contribution >= 4 is 17.4 Å². The van der Waals surface area contributed by atoms with Crippen LogP contribution in [0.15, 0.2) is 18.2 Å². The molecule has 1 fully saturated rings. The van der Waals surface area contributed by atoms with Crippen molar-refractivity contribution in [3.05, 3.63) is 23.8 Å². The number of carboxylic acids is 1. The first-order valence-electron chi connectivity index (χ1n) is 8.41. The number of hydrogen-bond donors (Lipinski definition) is 2. The highest BCUT2D eigenvalue weighted by Crippen LogP contribution is 2.24. The summed E-state index contributed by atoms with van der Waals surface area (Å²) in [7, 11) is 0. The number of hydrogen-bond acceptors (Lipinski definition) is 5. The third kappa shape index (κ3) is 4.96. The molecule has 0 aliphatic carbocycles. The molecule has 6 nitrogen and oxygen atoms in total. The summed E-state index contributed by atoms with van der Waals surface area (Å²) >= 11 is 0. The number of ether oxygens (including phenoxy) is 1. The Balaban J connectivity index is 1.90. The van der Waals surface area contributed by atoms with Gasteiger partial charge in [0, 0.05) is 25.1 Å². The summed E-state index contributed by atoms with van der Waals surface area (Å²) < 4.78 is 5.57. The van der Waals surface area contributed by atoms with Gasteiger partial charge in [0.2, 0.25) is 0 Å². The Labute approximate surface area is 142 Å². The molecule has 3 N–H and O–H groups in total. The van der Waals surface area contributed by atoms with Crippen LogP contribution >= 0.6 is 0 Å². The Morgan fingerprint density at radius 3 is 2.79 bits per heavy atom. The van der Waals surface area contributed by atoms with E-state index in [1.54, 1.807) is 18.2 Å². The molecule has 0 radical (unpaired) electrons. The van der Waals surface area contributed by atoms with E-state index in [-0.39, 0.29) is 17.8 Å². The number of benzene rings is 1. The second-order valence-corrected chi connectivity index (χ2v) is 6.57. The number of nitrogens with zero attached hydrogens (tertiary/aromatic N) is 1. The predicted molar refractivity (Wildman–Crippen MR) is 92.4 cm³/mol. The minimum Gasteiger partial charge on any atom is -0.489 e. The van der Waals surface area contributed by atoms with Gasteiger partial charge in [-0.15, -0.1) is 0 Å². The first-order valence-corrected chi connectivity index (χ1v) is 8.41. The number of piperidine rings is 1. The van der Waals surface area contributed by atoms with Crippen LogP contribution in [0.4, 0.5) is 5.69 Å². The van der Waals surface area contributed by atoms with Crippen LogP contribution in [0.3, 0.4) is 0 Å². The number of anilines is 1. The molecule has 0 saturated carbocycles. The van der Waals surface area contributed by atoms with E-state index in [4.69, 9.17) is 15.6 Å². The smallest absolute Gasteiger partial charge is 0.307 e. The van der Waals surface area contributed by atoms with Crippen molar-refractivity contribution in [3.63, 3.8) is 0 Å². The Morgan fingerprint density at radius 1 is 1.42 bits per heavy atom. The number of nitrogen functional groups attached to an aromatic ring is 1. The molecule has 0 aromatic heterocycles. The zero-order chi connectivity index (χ0) is 17.7. The molecule has 132 valence electrons. The molecular formula is C18H26N2O4. The predicted octanol–water partition coefficient (Wildman–Crippen LogP) is 2.43. The van der Waals surface area contributed by atoms with Crippen molar-refractivity contribution < 1.29 is 19.4 Å². The van der Waals surface area contributed by atoms with Gasteiger partial charge in [0.1, 0.15) is 5.75 Å². The second-order valence-electron chi connectivity index (χ2n) is 6.57. The quantitative estimate of drug-likeness (QED) is 0.587. The van der Waals surface area contributed by atoms with Crippen LogP contribution in [0.25, 0.3) is 0 Å². The van der Waals surface area contributed by atoms with Gasteiger partial charge in [-0.1, -0.05) is 0 Å². The van der Waals surface area contributed by atoms with Crippen LogP contribution in [-0.4, -0.2) is 47.5 Å². The van der Waals surface area contributed by atoms with Gasteiger partial charge in [0.15, 0.2) is 5.78 Å². The molecule has 2 rings (SSSR count). The Kier molecular flexibility index (Phi) is 6.20. The molecule has 0 bridgehead atoms. The van der Waals surface area contributed by atoms with E-state index >= 15 is 0 Å². The first-order chi connectivity index (χ1) is 11.4. The van der Waals surface area contributed by atoms with Gasteiger partial charge in [0.05, 0.1) is 17.7 Å². The minimum atomic E-state index is -0.750. The largest absolute Gasteiger partial charge is 0.489 e. The monoisotopic (exact) mass is 334 g/mol. The van der Waals surface area contributed by atoms with Crippen molar-refractivity contribution in [1.82, 2.24) is 4.90 Å². The van der Waals surface area contributed by atoms with Crippen LogP contribution in [-0.2, 0) is 4.79 Å². The number of carbonyl (C=O) groups is 2. The average molecular weight is 334 g/mol. The Hall–Kier alpha value is -2.08. The van der Waals surface area contributed by atoms with E-state index in [9.17, 15) is 9.59 Å². The van der Waals surface area contributed by atoms with E-state index in [0.717, 1.165) is 13.0 Å². The number of Topliss-reactive ketones (excluding diaryl/α,β-unsaturated/α-hetero) is 1. The zero-order valence-electron chi connectivity index (χ0n) is 14.3. The SMILES string of the molecule is CC(C)Oc1ccc(C(=O)CCN2CCCC(C(=O)O)C2)cc1N. The molecular weight excluding hydrogens is 308 g/mol. The van der Waals surface area contributed by atoms with E-state index in [1.165, 1.54) is 0 Å². The van der Waals surface area contributed by atoms with Crippen LogP contribution in [0.5, 0.6) is 5.75 Å². The second kappa shape index (κ2) is 8.15. The highest BCUT2D eigenvalue weighted by molar-refractivity contribution is 5.97. The first kappa shape index (κ1) is 18.3. The fraction of sp³-hybridized carbons (Fsp3) is 0.556. The zero-order valence-corrected chi connectivity index (χ0v) is 14.3. The van der Waals surface area contributed by atoms with E-state index in [2.05, 4.69) is 4.90 Å². The fourth-order valence-corrected chi connectivity index (χ4v) is 2.95. The maximum absolute atomic E-state index is 12.3. The highest BCUT2D eigenvalue weighted by atomic mass is 16.5. The lowest BCUT2D eigenvalue weighted by atomic mass is 9.98. The van der Waals surface area contributed by atoms with Gasteiger partial charge in [0.25, 0.3) is 0 Å². The molecule has 24 heavy (non-hydrogen) atoms. The lowest BCUT2D eigenvalue weighted by Crippen LogP contribution is -2.39. The average Bonchev–Trinajstić information content (AvgIpc) is 2.54. The molecule has 1 aromatic carbocycles. The summed E-state index contributed by atoms with van der Waals surface area (Å²) in [5, 5.41) is 9.11. The van der Waals surface area contributed by atoms with Gasteiger partial charge in [-0.2, -0.15) is 0 Å². The molecule has 1 aromatic rings. The summed E-state index contributed by atoms with van der Waals surface area (Å²) in [5.74, 6) is -0.478. The summed E-state index contributed by atoms with van der Waals surface area (Å²) in [5.41, 5.74) is 6.97. The highest BCUT2D eigenvalue weighted by Gasteiger charge is 2.25. The number of nitrogens with two attached hydrogens (primary N) is 1. The fourth-order valence-electron chi connectivity index (χ4n) is 2.95. The van der Waals surface area contributed by atoms with Crippen molar-refractivity contribution in [2.45, 2.75) is 39.2 Å². The van der Waals surface area contributed by atoms with Crippen LogP contribution in [0, 0.1) is 5.92 Å². The number of aliphatic carboxylic acids is 1. The number of ketones is 1. The summed E-state index contributed by atoms with van der Waals surface area (Å²) in [6.07, 6.45) is 1.96. The van der Waals surface area contributed by atoms with Gasteiger partial charge in [-0.05, 0) is 51.4 Å². The molecule has 6 heteroatoms. The summed E-state index contributed by atoms with van der Waals surface area (Å²) in [4.78, 5) is 25.5. The van der Waals surface area contributed by atoms with Crippen LogP contribution in [0.2, 0.25) is 0 Å². The van der Waals surface area contributed by atoms with Gasteiger partial charge >= 0.3 is 5.97 Å². The maximum atomic E-state index is 12.3. The molecule has 1 atom stereocenters. The van der Waals surface area contributed by atoms with Gasteiger partial charge in [-0.3, -0.25) is 9.59 Å². The summed E-state index contributed by atoms with van der Waals surface area (Å²) in [6.45, 7) is 5.78. The Bertz CT molecular complexity index is 601. The molecule has 1 heterocycles. The molecule has 0 amide bonds. The number of carbonyl (C=O) groups excluding carboxylic acids is 1. The van der Waals surface area contributed by atoms with E-state index in [0.29, 0.717) is 42.9 Å². The minimum absolute atomic E-state index is 0.00949. The van der Waals surface area contributed by atoms with Gasteiger partial charge in [-0.25, -0.2) is 0 Å². The number of likely N-dealkylation sites (tertiary alicyclic amines) is 1. The topological polar surface area (TPSA) is 92.9 Å². The molecule has 1 aliphatic rings. The van der Waals surface area contributed by atoms with Crippen molar-refractivity contribution in [1.29, 1.82) is 0 Å². The maximum Gasteiger partial charge on any atom is 0.307 e. The van der Waals surface area contributed by atoms with Crippen molar-refractivity contribution in [2.24, 2.45) is 5.92 Å². The Morgan fingerprint density at radius 2 is 2.17 bits per heavy atom. The standard InChI is InChI=1S/C18H26N2O4/c1-12(2)24-17-6-5-13(10-15(17)19)16(21)7-9-20-8-3-4-14(11-20)18(22)23/h5-6,10,12,14H,3-4,7-9,11,19H2,1-2H3,(H,22,23). The van der Waals surface area contributed by atoms with E-state index in [1.807, 2.05) is 13.8 Å².